The predicted molar refractivity (Wildman–Crippen MR) is 217 cm³/mol. The van der Waals surface area contributed by atoms with Gasteiger partial charge >= 0.3 is 25.7 Å². The van der Waals surface area contributed by atoms with Crippen molar-refractivity contribution in [1.82, 2.24) is 25.2 Å². The van der Waals surface area contributed by atoms with Crippen LogP contribution in [-0.2, 0) is 51.8 Å². The molecule has 2 aliphatic heterocycles. The molecule has 2 aliphatic rings. The Labute approximate surface area is 351 Å². The third-order valence-electron chi connectivity index (χ3n) is 9.36. The third-order valence-corrected chi connectivity index (χ3v) is 11.2. The lowest BCUT2D eigenvalue weighted by Crippen LogP contribution is -2.56. The first kappa shape index (κ1) is 48.0. The van der Waals surface area contributed by atoms with Gasteiger partial charge in [-0.2, -0.15) is 0 Å². The first-order valence-corrected chi connectivity index (χ1v) is 21.7. The molecule has 60 heavy (non-hydrogen) atoms. The number of piperazine rings is 1. The Morgan fingerprint density at radius 1 is 0.867 bits per heavy atom. The Morgan fingerprint density at radius 3 is 2.03 bits per heavy atom. The number of esters is 2. The first-order chi connectivity index (χ1) is 28.3. The van der Waals surface area contributed by atoms with E-state index in [0.29, 0.717) is 30.9 Å². The van der Waals surface area contributed by atoms with Crippen molar-refractivity contribution in [2.75, 3.05) is 77.6 Å². The van der Waals surface area contributed by atoms with Crippen LogP contribution in [-0.4, -0.2) is 135 Å². The first-order valence-electron chi connectivity index (χ1n) is 20.0. The van der Waals surface area contributed by atoms with E-state index < -0.39 is 74.1 Å². The molecule has 3 heterocycles. The fourth-order valence-corrected chi connectivity index (χ4v) is 7.15. The molecule has 2 aromatic rings. The maximum atomic E-state index is 14.5. The number of aromatic nitrogens is 2. The highest BCUT2D eigenvalue weighted by Gasteiger charge is 2.39. The van der Waals surface area contributed by atoms with Crippen molar-refractivity contribution in [3.63, 3.8) is 0 Å². The minimum atomic E-state index is -4.55. The number of carbonyl (C=O) groups excluding carboxylic acids is 5. The summed E-state index contributed by atoms with van der Waals surface area (Å²) in [5.74, 6) is -2.12. The largest absolute Gasteiger partial charge is 0.527 e. The molecule has 0 bridgehead atoms. The summed E-state index contributed by atoms with van der Waals surface area (Å²) in [6.45, 7) is 11.6. The number of rotatable bonds is 18. The molecule has 0 unspecified atom stereocenters. The average Bonchev–Trinajstić information content (AvgIpc) is 3.70. The zero-order valence-electron chi connectivity index (χ0n) is 35.8. The van der Waals surface area contributed by atoms with Crippen LogP contribution in [0.1, 0.15) is 78.2 Å². The minimum Gasteiger partial charge on any atom is -0.438 e. The van der Waals surface area contributed by atoms with Crippen LogP contribution in [0.5, 0.6) is 0 Å². The van der Waals surface area contributed by atoms with E-state index in [-0.39, 0.29) is 50.4 Å². The zero-order chi connectivity index (χ0) is 44.1. The Morgan fingerprint density at radius 2 is 1.48 bits per heavy atom. The molecule has 1 N–H and O–H groups in total. The van der Waals surface area contributed by atoms with Crippen molar-refractivity contribution < 1.29 is 61.4 Å². The molecular weight excluding hydrogens is 803 g/mol. The van der Waals surface area contributed by atoms with E-state index in [1.165, 1.54) is 16.0 Å². The van der Waals surface area contributed by atoms with Gasteiger partial charge in [0.2, 0.25) is 19.5 Å². The Balaban J connectivity index is 1.65. The molecular formula is C40H59N6O13P. The maximum Gasteiger partial charge on any atom is 0.527 e. The molecule has 0 spiro atoms. The predicted octanol–water partition coefficient (Wildman–Crippen LogP) is 4.80. The van der Waals surface area contributed by atoms with E-state index in [2.05, 4.69) is 10.3 Å². The highest BCUT2D eigenvalue weighted by molar-refractivity contribution is 7.54. The van der Waals surface area contributed by atoms with Gasteiger partial charge in [-0.05, 0) is 54.4 Å². The molecule has 0 radical (unpaired) electrons. The summed E-state index contributed by atoms with van der Waals surface area (Å²) < 4.78 is 46.7. The van der Waals surface area contributed by atoms with Gasteiger partial charge in [0.25, 0.3) is 5.91 Å². The van der Waals surface area contributed by atoms with Crippen molar-refractivity contribution >= 4 is 43.3 Å². The smallest absolute Gasteiger partial charge is 0.438 e. The molecule has 1 aromatic carbocycles. The fourth-order valence-electron chi connectivity index (χ4n) is 5.75. The van der Waals surface area contributed by atoms with Crippen LogP contribution in [0.4, 0.5) is 10.6 Å². The number of nitrogens with zero attached hydrogens (tertiary/aromatic N) is 5. The second kappa shape index (κ2) is 21.7. The number of carbonyl (C=O) groups is 5. The van der Waals surface area contributed by atoms with Gasteiger partial charge in [0.1, 0.15) is 17.6 Å². The summed E-state index contributed by atoms with van der Waals surface area (Å²) in [7, 11) is -2.92. The van der Waals surface area contributed by atoms with Crippen molar-refractivity contribution in [3.05, 3.63) is 42.1 Å². The third kappa shape index (κ3) is 14.5. The molecule has 0 aliphatic carbocycles. The monoisotopic (exact) mass is 862 g/mol. The number of methoxy groups -OCH3 is 1. The van der Waals surface area contributed by atoms with Gasteiger partial charge in [-0.3, -0.25) is 32.8 Å². The molecule has 2 atom stereocenters. The molecule has 19 nitrogen and oxygen atoms in total. The summed E-state index contributed by atoms with van der Waals surface area (Å²) in [6, 6.07) is 8.97. The van der Waals surface area contributed by atoms with Gasteiger partial charge in [-0.25, -0.2) is 14.8 Å². The van der Waals surface area contributed by atoms with Crippen LogP contribution in [0.3, 0.4) is 0 Å². The summed E-state index contributed by atoms with van der Waals surface area (Å²) in [5.41, 5.74) is -1.32. The van der Waals surface area contributed by atoms with Crippen LogP contribution < -0.4 is 10.2 Å². The van der Waals surface area contributed by atoms with E-state index in [9.17, 15) is 28.5 Å². The fraction of sp³-hybridized carbons (Fsp3) is 0.625. The van der Waals surface area contributed by atoms with Crippen LogP contribution in [0.15, 0.2) is 36.4 Å². The molecule has 0 saturated carbocycles. The van der Waals surface area contributed by atoms with Crippen molar-refractivity contribution in [1.29, 1.82) is 0 Å². The number of unbranched alkanes of at least 4 members (excludes halogenated alkanes) is 1. The number of ether oxygens (including phenoxy) is 4. The number of hydroxylamine groups is 2. The Bertz CT molecular complexity index is 1790. The highest BCUT2D eigenvalue weighted by Crippen LogP contribution is 2.49. The number of hydrogen-bond donors (Lipinski definition) is 1. The molecule has 1 aromatic heterocycles. The van der Waals surface area contributed by atoms with Crippen LogP contribution >= 0.6 is 7.60 Å². The van der Waals surface area contributed by atoms with Gasteiger partial charge in [0.05, 0.1) is 42.8 Å². The van der Waals surface area contributed by atoms with Crippen LogP contribution in [0.2, 0.25) is 0 Å². The Hall–Kier alpha value is -4.68. The van der Waals surface area contributed by atoms with Gasteiger partial charge in [0.15, 0.2) is 5.82 Å². The molecule has 2 amide bonds. The second-order valence-corrected chi connectivity index (χ2v) is 18.5. The standard InChI is InChI=1S/C40H59N6O13P/c1-9-10-22-54-38(51)59-46-20-18-44(19-21-46)35(48)31(25-60(52,57-26-55-36(49)39(2,3)4)58-27-56-37(50)40(5,6)7)42-34(47)30-23-32(45-17-16-29(24-45)53-8)43-33(41-30)28-14-12-11-13-15-28/h11-15,23,29,31H,9-10,16-22,24-27H2,1-8H3,(H,42,47)/t29-,31-/m0/s1. The van der Waals surface area contributed by atoms with E-state index in [0.717, 1.165) is 12.8 Å². The summed E-state index contributed by atoms with van der Waals surface area (Å²) in [5, 5.41) is 4.05. The maximum absolute atomic E-state index is 14.5. The van der Waals surface area contributed by atoms with Crippen LogP contribution in [0.25, 0.3) is 11.4 Å². The summed E-state index contributed by atoms with van der Waals surface area (Å²) >= 11 is 0. The lowest BCUT2D eigenvalue weighted by molar-refractivity contribution is -0.162. The SMILES string of the molecule is CCCCOC(=O)ON1CCN(C(=O)[C@H](CP(=O)(OCOC(=O)C(C)(C)C)OCOC(=O)C(C)(C)C)NC(=O)c2cc(N3CC[C@H](OC)C3)nc(-c3ccccc3)n2)CC1. The molecule has 2 fully saturated rings. The molecule has 20 heteroatoms. The normalized spacial score (nSPS) is 16.8. The van der Waals surface area contributed by atoms with Crippen molar-refractivity contribution in [3.8, 4) is 11.4 Å². The van der Waals surface area contributed by atoms with Gasteiger partial charge in [0, 0.05) is 44.9 Å². The zero-order valence-corrected chi connectivity index (χ0v) is 36.7. The van der Waals surface area contributed by atoms with Crippen LogP contribution in [0, 0.1) is 10.8 Å². The number of benzene rings is 1. The van der Waals surface area contributed by atoms with Gasteiger partial charge in [-0.15, -0.1) is 5.06 Å². The lowest BCUT2D eigenvalue weighted by Gasteiger charge is -2.35. The van der Waals surface area contributed by atoms with E-state index >= 15 is 0 Å². The highest BCUT2D eigenvalue weighted by atomic mass is 31.2. The molecule has 2 saturated heterocycles. The number of amides is 2. The van der Waals surface area contributed by atoms with Crippen molar-refractivity contribution in [2.45, 2.75) is 79.9 Å². The number of anilines is 1. The van der Waals surface area contributed by atoms with E-state index in [4.69, 9.17) is 37.8 Å². The van der Waals surface area contributed by atoms with Gasteiger partial charge < -0.3 is 38.9 Å². The summed E-state index contributed by atoms with van der Waals surface area (Å²) in [6.07, 6.45) is 0.562. The van der Waals surface area contributed by atoms with Gasteiger partial charge in [-0.1, -0.05) is 43.7 Å². The lowest BCUT2D eigenvalue weighted by atomic mass is 9.98. The topological polar surface area (TPSA) is 215 Å². The van der Waals surface area contributed by atoms with E-state index in [1.54, 1.807) is 60.8 Å². The molecule has 4 rings (SSSR count). The molecule has 332 valence electrons. The number of hydrogen-bond acceptors (Lipinski definition) is 17. The van der Waals surface area contributed by atoms with Crippen molar-refractivity contribution in [2.24, 2.45) is 10.8 Å². The Kier molecular flexibility index (Phi) is 17.4. The average molecular weight is 863 g/mol. The van der Waals surface area contributed by atoms with E-state index in [1.807, 2.05) is 30.0 Å². The quantitative estimate of drug-likeness (QED) is 0.0700. The second-order valence-electron chi connectivity index (χ2n) is 16.4. The minimum absolute atomic E-state index is 0.0390. The summed E-state index contributed by atoms with van der Waals surface area (Å²) in [4.78, 5) is 84.0. The number of nitrogens with one attached hydrogen (secondary N) is 1.